The molecule has 1 fully saturated rings. The molecule has 0 aliphatic carbocycles. The van der Waals surface area contributed by atoms with Crippen molar-refractivity contribution < 1.29 is 24.1 Å². The molecule has 1 N–H and O–H groups in total. The molecule has 1 aromatic carbocycles. The van der Waals surface area contributed by atoms with Crippen molar-refractivity contribution in [2.75, 3.05) is 20.3 Å². The largest absolute Gasteiger partial charge is 0.495 e. The van der Waals surface area contributed by atoms with Gasteiger partial charge >= 0.3 is 5.97 Å². The number of carbonyl (C=O) groups is 1. The second-order valence-corrected chi connectivity index (χ2v) is 9.33. The molecule has 1 saturated heterocycles. The van der Waals surface area contributed by atoms with E-state index in [1.54, 1.807) is 39.0 Å². The molecule has 2 aromatic rings. The summed E-state index contributed by atoms with van der Waals surface area (Å²) in [7, 11) is 1.41. The number of pyridine rings is 1. The molecule has 0 amide bonds. The number of ether oxygens (including phenoxy) is 3. The van der Waals surface area contributed by atoms with Gasteiger partial charge in [-0.2, -0.15) is 5.26 Å². The lowest BCUT2D eigenvalue weighted by atomic mass is 9.94. The Balaban J connectivity index is 2.15. The molecule has 176 valence electrons. The number of carbonyl (C=O) groups excluding carboxylic acids is 1. The quantitative estimate of drug-likeness (QED) is 0.639. The van der Waals surface area contributed by atoms with Crippen molar-refractivity contribution in [3.05, 3.63) is 51.4 Å². The summed E-state index contributed by atoms with van der Waals surface area (Å²) in [5, 5.41) is 21.0. The Morgan fingerprint density at radius 1 is 1.33 bits per heavy atom. The van der Waals surface area contributed by atoms with Crippen LogP contribution in [0.1, 0.15) is 38.8 Å². The van der Waals surface area contributed by atoms with Crippen LogP contribution < -0.4 is 10.3 Å². The lowest BCUT2D eigenvalue weighted by Crippen LogP contribution is -2.43. The van der Waals surface area contributed by atoms with Gasteiger partial charge in [0, 0.05) is 34.7 Å². The average Bonchev–Trinajstić information content (AvgIpc) is 3.28. The van der Waals surface area contributed by atoms with Gasteiger partial charge in [-0.1, -0.05) is 11.6 Å². The van der Waals surface area contributed by atoms with Crippen molar-refractivity contribution in [3.8, 4) is 22.9 Å². The number of aliphatic hydroxyl groups is 1. The molecule has 2 heterocycles. The number of hydrogen-bond acceptors (Lipinski definition) is 7. The number of methoxy groups -OCH3 is 1. The number of rotatable bonds is 6. The van der Waals surface area contributed by atoms with E-state index >= 15 is 0 Å². The third-order valence-corrected chi connectivity index (χ3v) is 5.61. The van der Waals surface area contributed by atoms with E-state index in [1.165, 1.54) is 19.4 Å². The molecule has 3 unspecified atom stereocenters. The molecule has 8 nitrogen and oxygen atoms in total. The number of aliphatic hydroxyl groups excluding tert-OH is 1. The van der Waals surface area contributed by atoms with E-state index < -0.39 is 29.3 Å². The highest BCUT2D eigenvalue weighted by Gasteiger charge is 2.39. The zero-order valence-corrected chi connectivity index (χ0v) is 19.8. The van der Waals surface area contributed by atoms with Gasteiger partial charge in [-0.3, -0.25) is 9.36 Å². The van der Waals surface area contributed by atoms with Crippen LogP contribution in [0.15, 0.2) is 35.3 Å². The van der Waals surface area contributed by atoms with Crippen molar-refractivity contribution >= 4 is 17.6 Å². The molecule has 33 heavy (non-hydrogen) atoms. The summed E-state index contributed by atoms with van der Waals surface area (Å²) in [5.41, 5.74) is -0.314. The summed E-state index contributed by atoms with van der Waals surface area (Å²) < 4.78 is 17.5. The molecule has 1 aromatic heterocycles. The molecule has 3 atom stereocenters. The maximum atomic E-state index is 13.2. The van der Waals surface area contributed by atoms with E-state index in [9.17, 15) is 20.0 Å². The Kier molecular flexibility index (Phi) is 7.48. The van der Waals surface area contributed by atoms with Crippen molar-refractivity contribution in [2.24, 2.45) is 5.92 Å². The highest BCUT2D eigenvalue weighted by molar-refractivity contribution is 6.31. The van der Waals surface area contributed by atoms with E-state index in [0.717, 1.165) is 4.57 Å². The van der Waals surface area contributed by atoms with Crippen LogP contribution >= 0.6 is 11.6 Å². The van der Waals surface area contributed by atoms with Gasteiger partial charge in [0.15, 0.2) is 6.04 Å². The summed E-state index contributed by atoms with van der Waals surface area (Å²) >= 11 is 6.12. The number of halogens is 1. The summed E-state index contributed by atoms with van der Waals surface area (Å²) in [5.74, 6) is -0.839. The number of nitrogens with zero attached hydrogens (tertiary/aromatic N) is 2. The second-order valence-electron chi connectivity index (χ2n) is 8.90. The number of aromatic nitrogens is 1. The van der Waals surface area contributed by atoms with Crippen LogP contribution in [0.5, 0.6) is 5.75 Å². The maximum absolute atomic E-state index is 13.2. The highest BCUT2D eigenvalue weighted by atomic mass is 35.5. The minimum absolute atomic E-state index is 0.233. The van der Waals surface area contributed by atoms with Crippen LogP contribution in [0.2, 0.25) is 5.02 Å². The van der Waals surface area contributed by atoms with Crippen molar-refractivity contribution in [2.45, 2.75) is 44.9 Å². The molecule has 0 bridgehead atoms. The first-order valence-corrected chi connectivity index (χ1v) is 10.9. The Hall–Kier alpha value is -2.86. The van der Waals surface area contributed by atoms with E-state index in [4.69, 9.17) is 25.8 Å². The molecule has 1 aliphatic rings. The Bertz CT molecular complexity index is 1130. The van der Waals surface area contributed by atoms with Crippen molar-refractivity contribution in [1.82, 2.24) is 4.57 Å². The van der Waals surface area contributed by atoms with Gasteiger partial charge in [-0.15, -0.1) is 0 Å². The summed E-state index contributed by atoms with van der Waals surface area (Å²) in [6, 6.07) is 6.74. The predicted molar refractivity (Wildman–Crippen MR) is 122 cm³/mol. The molecule has 3 rings (SSSR count). The number of hydrogen-bond donors (Lipinski definition) is 1. The minimum Gasteiger partial charge on any atom is -0.495 e. The molecule has 1 aliphatic heterocycles. The maximum Gasteiger partial charge on any atom is 0.332 e. The third-order valence-electron chi connectivity index (χ3n) is 5.38. The van der Waals surface area contributed by atoms with Gasteiger partial charge in [-0.25, -0.2) is 4.79 Å². The summed E-state index contributed by atoms with van der Waals surface area (Å²) in [6.07, 6.45) is 0.697. The zero-order chi connectivity index (χ0) is 24.3. The molecule has 0 radical (unpaired) electrons. The standard InChI is InChI=1S/C24H27ClN2O6/c1-24(2,3)33-23(30)21(22(29)15-7-8-32-13-15)27-12-19(31-4)18(10-20(27)28)17-9-16(25)6-5-14(17)11-26/h5-6,9-10,12,15,21-22,29H,7-8,13H2,1-4H3. The van der Waals surface area contributed by atoms with Gasteiger partial charge in [-0.05, 0) is 45.4 Å². The lowest BCUT2D eigenvalue weighted by Gasteiger charge is -2.30. The fraction of sp³-hybridized carbons (Fsp3) is 0.458. The van der Waals surface area contributed by atoms with Gasteiger partial charge in [0.05, 0.1) is 37.7 Å². The summed E-state index contributed by atoms with van der Waals surface area (Å²) in [4.78, 5) is 26.4. The first-order chi connectivity index (χ1) is 15.6. The monoisotopic (exact) mass is 474 g/mol. The van der Waals surface area contributed by atoms with Gasteiger partial charge in [0.2, 0.25) is 0 Å². The fourth-order valence-electron chi connectivity index (χ4n) is 3.82. The highest BCUT2D eigenvalue weighted by Crippen LogP contribution is 2.34. The van der Waals surface area contributed by atoms with Gasteiger partial charge in [0.1, 0.15) is 11.4 Å². The van der Waals surface area contributed by atoms with Gasteiger partial charge in [0.25, 0.3) is 5.56 Å². The van der Waals surface area contributed by atoms with E-state index in [0.29, 0.717) is 34.7 Å². The number of esters is 1. The Morgan fingerprint density at radius 3 is 2.64 bits per heavy atom. The molecular weight excluding hydrogens is 448 g/mol. The molecule has 0 spiro atoms. The number of nitriles is 1. The lowest BCUT2D eigenvalue weighted by molar-refractivity contribution is -0.164. The summed E-state index contributed by atoms with van der Waals surface area (Å²) in [6.45, 7) is 5.87. The molecular formula is C24H27ClN2O6. The van der Waals surface area contributed by atoms with Crippen LogP contribution in [0.25, 0.3) is 11.1 Å². The third kappa shape index (κ3) is 5.56. The molecule has 9 heteroatoms. The van der Waals surface area contributed by atoms with Crippen LogP contribution in [-0.4, -0.2) is 47.7 Å². The average molecular weight is 475 g/mol. The topological polar surface area (TPSA) is 111 Å². The first-order valence-electron chi connectivity index (χ1n) is 10.5. The second kappa shape index (κ2) is 9.96. The fourth-order valence-corrected chi connectivity index (χ4v) is 3.99. The van der Waals surface area contributed by atoms with Crippen LogP contribution in [-0.2, 0) is 14.3 Å². The van der Waals surface area contributed by atoms with Crippen molar-refractivity contribution in [1.29, 1.82) is 5.26 Å². The Morgan fingerprint density at radius 2 is 2.06 bits per heavy atom. The predicted octanol–water partition coefficient (Wildman–Crippen LogP) is 3.33. The van der Waals surface area contributed by atoms with Gasteiger partial charge < -0.3 is 19.3 Å². The van der Waals surface area contributed by atoms with E-state index in [2.05, 4.69) is 6.07 Å². The zero-order valence-electron chi connectivity index (χ0n) is 19.0. The van der Waals surface area contributed by atoms with E-state index in [1.807, 2.05) is 0 Å². The van der Waals surface area contributed by atoms with Crippen LogP contribution in [0, 0.1) is 17.2 Å². The smallest absolute Gasteiger partial charge is 0.332 e. The SMILES string of the molecule is COc1cn(C(C(=O)OC(C)(C)C)C(O)C2CCOC2)c(=O)cc1-c1cc(Cl)ccc1C#N. The Labute approximate surface area is 197 Å². The minimum atomic E-state index is -1.30. The number of benzene rings is 1. The molecule has 0 saturated carbocycles. The first kappa shape index (κ1) is 24.8. The van der Waals surface area contributed by atoms with Crippen LogP contribution in [0.4, 0.5) is 0 Å². The normalized spacial score (nSPS) is 17.8. The van der Waals surface area contributed by atoms with E-state index in [-0.39, 0.29) is 18.3 Å². The van der Waals surface area contributed by atoms with Crippen LogP contribution in [0.3, 0.4) is 0 Å². The van der Waals surface area contributed by atoms with Crippen molar-refractivity contribution in [3.63, 3.8) is 0 Å².